The van der Waals surface area contributed by atoms with Gasteiger partial charge in [-0.1, -0.05) is 52.1 Å². The zero-order valence-electron chi connectivity index (χ0n) is 10.4. The summed E-state index contributed by atoms with van der Waals surface area (Å²) in [5.41, 5.74) is 9.60. The molecule has 1 aromatic carbocycles. The molecule has 0 atom stereocenters. The number of nitrogens with zero attached hydrogens (tertiary/aromatic N) is 1. The van der Waals surface area contributed by atoms with Gasteiger partial charge in [-0.25, -0.2) is 0 Å². The highest BCUT2D eigenvalue weighted by Crippen LogP contribution is 2.31. The summed E-state index contributed by atoms with van der Waals surface area (Å²) in [6.45, 7) is 7.72. The Bertz CT molecular complexity index is 722. The first kappa shape index (κ1) is 12.2. The van der Waals surface area contributed by atoms with Crippen LogP contribution in [0.2, 0.25) is 0 Å². The lowest BCUT2D eigenvalue weighted by Gasteiger charge is -2.14. The molecule has 96 valence electrons. The average molecular weight is 363 g/mol. The first-order chi connectivity index (χ1) is 9.33. The highest BCUT2D eigenvalue weighted by molar-refractivity contribution is 14.2. The molecule has 0 radical (unpaired) electrons. The van der Waals surface area contributed by atoms with Crippen LogP contribution in [0, 0.1) is 0 Å². The Morgan fingerprint density at radius 1 is 1.32 bits per heavy atom. The molecule has 0 saturated carbocycles. The molecule has 19 heavy (non-hydrogen) atoms. The summed E-state index contributed by atoms with van der Waals surface area (Å²) >= 11 is 0.0321. The smallest absolute Gasteiger partial charge is 0.122 e. The van der Waals surface area contributed by atoms with Gasteiger partial charge in [-0.3, -0.25) is 9.99 Å². The van der Waals surface area contributed by atoms with Crippen LogP contribution in [0.3, 0.4) is 0 Å². The summed E-state index contributed by atoms with van der Waals surface area (Å²) in [4.78, 5) is 0. The molecule has 1 aliphatic heterocycles. The van der Waals surface area contributed by atoms with Crippen LogP contribution in [-0.2, 0) is 0 Å². The predicted molar refractivity (Wildman–Crippen MR) is 92.0 cm³/mol. The highest BCUT2D eigenvalue weighted by atomic mass is 127. The normalized spacial score (nSPS) is 12.6. The van der Waals surface area contributed by atoms with Gasteiger partial charge in [-0.05, 0) is 20.2 Å². The van der Waals surface area contributed by atoms with Crippen molar-refractivity contribution >= 4 is 47.5 Å². The van der Waals surface area contributed by atoms with E-state index in [9.17, 15) is 0 Å². The van der Waals surface area contributed by atoms with E-state index < -0.39 is 0 Å². The van der Waals surface area contributed by atoms with Crippen molar-refractivity contribution in [2.45, 2.75) is 0 Å². The number of nitrogens with one attached hydrogen (secondary N) is 2. The minimum Gasteiger partial charge on any atom is -0.308 e. The van der Waals surface area contributed by atoms with Crippen LogP contribution in [0.25, 0.3) is 22.8 Å². The number of hydrazine groups is 1. The molecule has 0 amide bonds. The third-order valence-corrected chi connectivity index (χ3v) is 4.76. The van der Waals surface area contributed by atoms with Crippen LogP contribution in [0.4, 0.5) is 0 Å². The number of hydrogen-bond acceptors (Lipinski definition) is 2. The number of halogens is 1. The van der Waals surface area contributed by atoms with E-state index in [1.54, 1.807) is 6.20 Å². The maximum Gasteiger partial charge on any atom is 0.122 e. The van der Waals surface area contributed by atoms with Gasteiger partial charge in [-0.15, -0.1) is 0 Å². The van der Waals surface area contributed by atoms with Gasteiger partial charge in [0.25, 0.3) is 0 Å². The second kappa shape index (κ2) is 5.05. The zero-order chi connectivity index (χ0) is 13.2. The molecule has 0 aliphatic carbocycles. The minimum absolute atomic E-state index is 0.0321. The van der Waals surface area contributed by atoms with Crippen LogP contribution in [0.15, 0.2) is 47.7 Å². The molecule has 1 aliphatic rings. The first-order valence-electron chi connectivity index (χ1n) is 5.90. The maximum atomic E-state index is 4.10. The summed E-state index contributed by atoms with van der Waals surface area (Å²) in [6, 6.07) is 8.42. The molecule has 0 unspecified atom stereocenters. The Balaban J connectivity index is 2.23. The van der Waals surface area contributed by atoms with Crippen molar-refractivity contribution in [2.75, 3.05) is 0 Å². The molecular weight excluding hydrogens is 349 g/mol. The van der Waals surface area contributed by atoms with Crippen molar-refractivity contribution in [3.05, 3.63) is 59.0 Å². The lowest BCUT2D eigenvalue weighted by atomic mass is 10.1. The summed E-state index contributed by atoms with van der Waals surface area (Å²) in [5.74, 6) is 0.788. The number of para-hydroxylation sites is 1. The van der Waals surface area contributed by atoms with Gasteiger partial charge in [0.2, 0.25) is 0 Å². The first-order valence-corrected chi connectivity index (χ1v) is 8.39. The maximum absolute atomic E-state index is 4.10. The molecule has 4 heteroatoms. The topological polar surface area (TPSA) is 29.0 Å². The van der Waals surface area contributed by atoms with Crippen molar-refractivity contribution in [3.63, 3.8) is 0 Å². The Hall–Kier alpha value is -1.82. The lowest BCUT2D eigenvalue weighted by molar-refractivity contribution is 0.761. The molecule has 0 fully saturated rings. The molecule has 2 N–H and O–H groups in total. The largest absolute Gasteiger partial charge is 0.308 e. The molecule has 2 aromatic rings. The highest BCUT2D eigenvalue weighted by Gasteiger charge is 2.16. The van der Waals surface area contributed by atoms with E-state index in [0.29, 0.717) is 0 Å². The molecule has 3 nitrogen and oxygen atoms in total. The average Bonchev–Trinajstić information content (AvgIpc) is 2.79. The van der Waals surface area contributed by atoms with Gasteiger partial charge in [0.05, 0.1) is 11.2 Å². The fraction of sp³-hybridized carbons (Fsp3) is 0. The van der Waals surface area contributed by atoms with Gasteiger partial charge >= 0.3 is 0 Å². The summed E-state index contributed by atoms with van der Waals surface area (Å²) in [7, 11) is 0. The van der Waals surface area contributed by atoms with Crippen LogP contribution in [0.5, 0.6) is 0 Å². The standard InChI is InChI=1S/C15H14IN3/c1-3-17-18-11(2)19-14-7-5-4-6-12(14)13-10-16-9-8-15(13)19/h3-10,17-18H,1-2H2. The Labute approximate surface area is 122 Å². The van der Waals surface area contributed by atoms with Crippen LogP contribution in [-0.4, -0.2) is 8.58 Å². The monoisotopic (exact) mass is 363 g/mol. The number of aromatic nitrogens is 1. The molecule has 0 saturated heterocycles. The second-order valence-electron chi connectivity index (χ2n) is 4.10. The predicted octanol–water partition coefficient (Wildman–Crippen LogP) is 3.41. The molecule has 3 rings (SSSR count). The van der Waals surface area contributed by atoms with Crippen molar-refractivity contribution in [2.24, 2.45) is 0 Å². The van der Waals surface area contributed by atoms with E-state index in [-0.39, 0.29) is 20.7 Å². The van der Waals surface area contributed by atoms with Crippen molar-refractivity contribution in [3.8, 4) is 0 Å². The molecule has 2 heterocycles. The van der Waals surface area contributed by atoms with Gasteiger partial charge in [-0.2, -0.15) is 0 Å². The van der Waals surface area contributed by atoms with Gasteiger partial charge in [0, 0.05) is 17.1 Å². The summed E-state index contributed by atoms with van der Waals surface area (Å²) < 4.78 is 6.77. The number of rotatable bonds is 4. The molecule has 0 bridgehead atoms. The van der Waals surface area contributed by atoms with E-state index in [4.69, 9.17) is 0 Å². The van der Waals surface area contributed by atoms with Crippen LogP contribution < -0.4 is 10.9 Å². The van der Waals surface area contributed by atoms with Crippen molar-refractivity contribution in [1.82, 2.24) is 15.4 Å². The number of benzene rings is 1. The Morgan fingerprint density at radius 3 is 3.00 bits per heavy atom. The molecular formula is C15H14IN3. The fourth-order valence-electron chi connectivity index (χ4n) is 2.24. The summed E-state index contributed by atoms with van der Waals surface area (Å²) in [6.07, 6.45) is 3.79. The molecule has 0 spiro atoms. The quantitative estimate of drug-likeness (QED) is 0.644. The van der Waals surface area contributed by atoms with E-state index >= 15 is 0 Å². The summed E-state index contributed by atoms with van der Waals surface area (Å²) in [5, 5.41) is 1.28. The van der Waals surface area contributed by atoms with E-state index in [0.717, 1.165) is 5.82 Å². The zero-order valence-corrected chi connectivity index (χ0v) is 12.5. The van der Waals surface area contributed by atoms with E-state index in [1.807, 2.05) is 0 Å². The van der Waals surface area contributed by atoms with Crippen LogP contribution >= 0.6 is 20.7 Å². The third-order valence-electron chi connectivity index (χ3n) is 3.01. The number of fused-ring (bicyclic) bond motifs is 3. The lowest BCUT2D eigenvalue weighted by Crippen LogP contribution is -2.27. The Kier molecular flexibility index (Phi) is 3.25. The van der Waals surface area contributed by atoms with Gasteiger partial charge in [0.15, 0.2) is 0 Å². The van der Waals surface area contributed by atoms with Crippen molar-refractivity contribution < 1.29 is 0 Å². The second-order valence-corrected chi connectivity index (χ2v) is 6.16. The minimum atomic E-state index is 0.0321. The van der Waals surface area contributed by atoms with Crippen molar-refractivity contribution in [1.29, 1.82) is 0 Å². The SMILES string of the molecule is C=CNNC(=C)n1c2c(c3ccccc31)C=IC=C2. The third kappa shape index (κ3) is 2.02. The fourth-order valence-corrected chi connectivity index (χ4v) is 4.01. The molecule has 1 aromatic heterocycles. The van der Waals surface area contributed by atoms with Crippen LogP contribution in [0.1, 0.15) is 11.3 Å². The Morgan fingerprint density at radius 2 is 2.16 bits per heavy atom. The van der Waals surface area contributed by atoms with E-state index in [1.165, 1.54) is 22.2 Å². The number of hydrogen-bond donors (Lipinski definition) is 2. The van der Waals surface area contributed by atoms with Gasteiger partial charge in [0.1, 0.15) is 5.82 Å². The van der Waals surface area contributed by atoms with Gasteiger partial charge < -0.3 is 5.43 Å². The van der Waals surface area contributed by atoms with E-state index in [2.05, 4.69) is 67.0 Å².